The maximum atomic E-state index is 14.1. The molecule has 0 aliphatic carbocycles. The SMILES string of the molecule is CC(C)C[C@H](NC(=O)CNC(=O)[C@@H]1CCN1c1ccc(F)cc1F)B1OC(=O)C(C(C)(C)C)O1. The second-order valence-electron chi connectivity index (χ2n) is 10.3. The molecule has 34 heavy (non-hydrogen) atoms. The molecule has 8 nitrogen and oxygen atoms in total. The van der Waals surface area contributed by atoms with Crippen LogP contribution in [0.15, 0.2) is 18.2 Å². The summed E-state index contributed by atoms with van der Waals surface area (Å²) >= 11 is 0. The highest BCUT2D eigenvalue weighted by Gasteiger charge is 2.50. The minimum absolute atomic E-state index is 0.142. The summed E-state index contributed by atoms with van der Waals surface area (Å²) in [5.41, 5.74) is -0.312. The molecule has 2 fully saturated rings. The first-order valence-electron chi connectivity index (χ1n) is 11.5. The number of rotatable bonds is 8. The molecule has 2 heterocycles. The lowest BCUT2D eigenvalue weighted by Crippen LogP contribution is -2.58. The van der Waals surface area contributed by atoms with E-state index >= 15 is 0 Å². The van der Waals surface area contributed by atoms with Crippen LogP contribution in [0.4, 0.5) is 14.5 Å². The molecule has 2 aliphatic rings. The maximum Gasteiger partial charge on any atom is 0.552 e. The highest BCUT2D eigenvalue weighted by atomic mass is 19.1. The topological polar surface area (TPSA) is 97.0 Å². The van der Waals surface area contributed by atoms with Crippen molar-refractivity contribution in [1.29, 1.82) is 0 Å². The second kappa shape index (κ2) is 10.3. The van der Waals surface area contributed by atoms with Crippen LogP contribution in [0.2, 0.25) is 0 Å². The Bertz CT molecular complexity index is 940. The Morgan fingerprint density at radius 3 is 2.50 bits per heavy atom. The monoisotopic (exact) mass is 479 g/mol. The number of carbonyl (C=O) groups is 3. The molecule has 1 aromatic carbocycles. The van der Waals surface area contributed by atoms with E-state index in [4.69, 9.17) is 9.31 Å². The van der Waals surface area contributed by atoms with Crippen LogP contribution in [-0.4, -0.2) is 56.1 Å². The molecule has 186 valence electrons. The number of benzene rings is 1. The van der Waals surface area contributed by atoms with Gasteiger partial charge in [0.05, 0.1) is 18.2 Å². The van der Waals surface area contributed by atoms with Gasteiger partial charge in [-0.05, 0) is 36.3 Å². The molecule has 2 aliphatic heterocycles. The van der Waals surface area contributed by atoms with Gasteiger partial charge in [0.1, 0.15) is 23.8 Å². The standard InChI is InChI=1S/C23H32BF2N3O5/c1-13(2)10-18(24-33-20(22(32)34-24)23(3,4)5)28-19(30)12-27-21(31)17-8-9-29(17)16-7-6-14(25)11-15(16)26/h6-7,11,13,17-18,20H,8-10,12H2,1-5H3,(H,27,31)(H,28,30)/t17-,18-,20?/m0/s1. The van der Waals surface area contributed by atoms with Gasteiger partial charge in [0, 0.05) is 12.6 Å². The fourth-order valence-corrected chi connectivity index (χ4v) is 4.08. The summed E-state index contributed by atoms with van der Waals surface area (Å²) in [5, 5.41) is 5.37. The van der Waals surface area contributed by atoms with Crippen molar-refractivity contribution in [1.82, 2.24) is 10.6 Å². The Labute approximate surface area is 198 Å². The van der Waals surface area contributed by atoms with E-state index < -0.39 is 60.0 Å². The number of carbonyl (C=O) groups excluding carboxylic acids is 3. The summed E-state index contributed by atoms with van der Waals surface area (Å²) in [6.07, 6.45) is 0.259. The van der Waals surface area contributed by atoms with Gasteiger partial charge in [-0.3, -0.25) is 14.4 Å². The Hall–Kier alpha value is -2.69. The molecule has 11 heteroatoms. The molecule has 3 rings (SSSR count). The number of nitrogens with one attached hydrogen (secondary N) is 2. The van der Waals surface area contributed by atoms with Gasteiger partial charge in [-0.15, -0.1) is 0 Å². The van der Waals surface area contributed by atoms with Crippen LogP contribution in [0, 0.1) is 23.0 Å². The summed E-state index contributed by atoms with van der Waals surface area (Å²) in [4.78, 5) is 39.0. The van der Waals surface area contributed by atoms with Crippen LogP contribution in [0.1, 0.15) is 47.5 Å². The van der Waals surface area contributed by atoms with Crippen molar-refractivity contribution in [2.75, 3.05) is 18.0 Å². The van der Waals surface area contributed by atoms with Gasteiger partial charge in [0.15, 0.2) is 0 Å². The summed E-state index contributed by atoms with van der Waals surface area (Å²) in [6, 6.07) is 2.55. The molecule has 2 N–H and O–H groups in total. The summed E-state index contributed by atoms with van der Waals surface area (Å²) in [7, 11) is -0.914. The predicted molar refractivity (Wildman–Crippen MR) is 123 cm³/mol. The fourth-order valence-electron chi connectivity index (χ4n) is 4.08. The number of nitrogens with zero attached hydrogens (tertiary/aromatic N) is 1. The minimum atomic E-state index is -0.914. The van der Waals surface area contributed by atoms with Crippen molar-refractivity contribution in [2.45, 2.75) is 65.5 Å². The first-order chi connectivity index (χ1) is 15.9. The molecule has 1 unspecified atom stereocenters. The normalized spacial score (nSPS) is 21.2. The zero-order chi connectivity index (χ0) is 25.2. The van der Waals surface area contributed by atoms with E-state index in [1.54, 1.807) is 0 Å². The Balaban J connectivity index is 1.55. The van der Waals surface area contributed by atoms with E-state index in [1.165, 1.54) is 11.0 Å². The molecule has 2 amide bonds. The molecule has 2 saturated heterocycles. The van der Waals surface area contributed by atoms with Gasteiger partial charge in [-0.2, -0.15) is 0 Å². The van der Waals surface area contributed by atoms with E-state index in [2.05, 4.69) is 10.6 Å². The lowest BCUT2D eigenvalue weighted by molar-refractivity contribution is -0.139. The number of hydrogen-bond donors (Lipinski definition) is 2. The third kappa shape index (κ3) is 6.05. The molecule has 0 bridgehead atoms. The molecule has 0 radical (unpaired) electrons. The van der Waals surface area contributed by atoms with Crippen LogP contribution in [-0.2, 0) is 23.7 Å². The number of hydrogen-bond acceptors (Lipinski definition) is 6. The zero-order valence-corrected chi connectivity index (χ0v) is 20.2. The van der Waals surface area contributed by atoms with E-state index in [-0.39, 0.29) is 18.2 Å². The van der Waals surface area contributed by atoms with Crippen molar-refractivity contribution in [2.24, 2.45) is 11.3 Å². The Morgan fingerprint density at radius 2 is 1.97 bits per heavy atom. The van der Waals surface area contributed by atoms with Crippen LogP contribution in [0.5, 0.6) is 0 Å². The van der Waals surface area contributed by atoms with Crippen molar-refractivity contribution >= 4 is 30.6 Å². The molecule has 1 aromatic rings. The van der Waals surface area contributed by atoms with Gasteiger partial charge in [0.2, 0.25) is 11.8 Å². The molecule has 0 saturated carbocycles. The van der Waals surface area contributed by atoms with Crippen LogP contribution >= 0.6 is 0 Å². The lowest BCUT2D eigenvalue weighted by atomic mass is 9.74. The van der Waals surface area contributed by atoms with Gasteiger partial charge in [-0.25, -0.2) is 8.78 Å². The Kier molecular flexibility index (Phi) is 7.85. The van der Waals surface area contributed by atoms with E-state index in [1.807, 2.05) is 34.6 Å². The highest BCUT2D eigenvalue weighted by molar-refractivity contribution is 6.51. The third-order valence-electron chi connectivity index (χ3n) is 5.87. The Morgan fingerprint density at radius 1 is 1.26 bits per heavy atom. The zero-order valence-electron chi connectivity index (χ0n) is 20.2. The molecule has 3 atom stereocenters. The first-order valence-corrected chi connectivity index (χ1v) is 11.5. The lowest BCUT2D eigenvalue weighted by Gasteiger charge is -2.41. The molecular weight excluding hydrogens is 447 g/mol. The minimum Gasteiger partial charge on any atom is -0.506 e. The number of halogens is 2. The largest absolute Gasteiger partial charge is 0.552 e. The fraction of sp³-hybridized carbons (Fsp3) is 0.609. The van der Waals surface area contributed by atoms with Gasteiger partial charge in [-0.1, -0.05) is 34.6 Å². The van der Waals surface area contributed by atoms with Gasteiger partial charge in [0.25, 0.3) is 0 Å². The summed E-state index contributed by atoms with van der Waals surface area (Å²) in [5.74, 6) is -3.18. The van der Waals surface area contributed by atoms with Gasteiger partial charge >= 0.3 is 13.1 Å². The average molecular weight is 479 g/mol. The smallest absolute Gasteiger partial charge is 0.506 e. The number of amides is 2. The maximum absolute atomic E-state index is 14.1. The molecule has 0 aromatic heterocycles. The van der Waals surface area contributed by atoms with Crippen molar-refractivity contribution in [3.8, 4) is 0 Å². The number of anilines is 1. The quantitative estimate of drug-likeness (QED) is 0.556. The van der Waals surface area contributed by atoms with E-state index in [0.29, 0.717) is 19.4 Å². The van der Waals surface area contributed by atoms with E-state index in [9.17, 15) is 23.2 Å². The predicted octanol–water partition coefficient (Wildman–Crippen LogP) is 2.21. The third-order valence-corrected chi connectivity index (χ3v) is 5.87. The van der Waals surface area contributed by atoms with Gasteiger partial charge < -0.3 is 24.8 Å². The summed E-state index contributed by atoms with van der Waals surface area (Å²) in [6.45, 7) is 9.70. The molecular formula is C23H32BF2N3O5. The average Bonchev–Trinajstić information content (AvgIpc) is 3.09. The summed E-state index contributed by atoms with van der Waals surface area (Å²) < 4.78 is 38.5. The van der Waals surface area contributed by atoms with Crippen molar-refractivity contribution < 1.29 is 32.5 Å². The van der Waals surface area contributed by atoms with Crippen molar-refractivity contribution in [3.63, 3.8) is 0 Å². The van der Waals surface area contributed by atoms with Crippen LogP contribution < -0.4 is 15.5 Å². The van der Waals surface area contributed by atoms with Crippen LogP contribution in [0.25, 0.3) is 0 Å². The first kappa shape index (κ1) is 25.9. The van der Waals surface area contributed by atoms with E-state index in [0.717, 1.165) is 12.1 Å². The highest BCUT2D eigenvalue weighted by Crippen LogP contribution is 2.31. The van der Waals surface area contributed by atoms with Crippen molar-refractivity contribution in [3.05, 3.63) is 29.8 Å². The second-order valence-corrected chi connectivity index (χ2v) is 10.3. The van der Waals surface area contributed by atoms with Crippen LogP contribution in [0.3, 0.4) is 0 Å². The molecule has 0 spiro atoms.